The Labute approximate surface area is 159 Å². The third-order valence-corrected chi connectivity index (χ3v) is 3.56. The number of ether oxygens (including phenoxy) is 5. The SMILES string of the molecule is CC(=O)OC[C@H]1O[C@@H](n2ncnn2)[C@H](OC(C)=O)[C@@H](OC(C)=O)[C@@H]1OC(C)=O. The second-order valence-corrected chi connectivity index (χ2v) is 5.85. The predicted molar refractivity (Wildman–Crippen MR) is 85.0 cm³/mol. The third-order valence-electron chi connectivity index (χ3n) is 3.56. The Kier molecular flexibility index (Phi) is 6.98. The second-order valence-electron chi connectivity index (χ2n) is 5.85. The highest BCUT2D eigenvalue weighted by Crippen LogP contribution is 2.33. The highest BCUT2D eigenvalue weighted by atomic mass is 16.7. The van der Waals surface area contributed by atoms with E-state index in [0.717, 1.165) is 31.9 Å². The Hall–Kier alpha value is -3.09. The molecule has 1 aromatic heterocycles. The maximum atomic E-state index is 11.7. The Morgan fingerprint density at radius 3 is 1.96 bits per heavy atom. The molecule has 0 radical (unpaired) electrons. The summed E-state index contributed by atoms with van der Waals surface area (Å²) in [5.74, 6) is -2.75. The minimum atomic E-state index is -1.28. The maximum Gasteiger partial charge on any atom is 0.303 e. The van der Waals surface area contributed by atoms with Crippen LogP contribution in [0.4, 0.5) is 0 Å². The van der Waals surface area contributed by atoms with Gasteiger partial charge in [-0.05, 0) is 5.21 Å². The zero-order valence-electron chi connectivity index (χ0n) is 15.6. The van der Waals surface area contributed by atoms with Crippen LogP contribution in [-0.4, -0.2) is 75.1 Å². The molecule has 1 aliphatic heterocycles. The lowest BCUT2D eigenvalue weighted by atomic mass is 9.97. The number of carbonyl (C=O) groups is 4. The predicted octanol–water partition coefficient (Wildman–Crippen LogP) is -1.07. The summed E-state index contributed by atoms with van der Waals surface area (Å²) in [5, 5.41) is 11.1. The molecule has 28 heavy (non-hydrogen) atoms. The van der Waals surface area contributed by atoms with Gasteiger partial charge < -0.3 is 23.7 Å². The number of esters is 4. The fourth-order valence-corrected chi connectivity index (χ4v) is 2.68. The minimum Gasteiger partial charge on any atom is -0.463 e. The van der Waals surface area contributed by atoms with Crippen LogP contribution in [0.3, 0.4) is 0 Å². The molecule has 0 aromatic carbocycles. The summed E-state index contributed by atoms with van der Waals surface area (Å²) in [6.07, 6.45) is -4.93. The van der Waals surface area contributed by atoms with Gasteiger partial charge in [0.05, 0.1) is 0 Å². The summed E-state index contributed by atoms with van der Waals surface area (Å²) in [6.45, 7) is 4.27. The van der Waals surface area contributed by atoms with Crippen LogP contribution in [-0.2, 0) is 42.9 Å². The molecule has 0 unspecified atom stereocenters. The Balaban J connectivity index is 2.45. The van der Waals surface area contributed by atoms with Crippen LogP contribution in [0, 0.1) is 0 Å². The molecule has 0 N–H and O–H groups in total. The first-order chi connectivity index (χ1) is 13.2. The van der Waals surface area contributed by atoms with E-state index in [0.29, 0.717) is 0 Å². The molecule has 5 atom stereocenters. The van der Waals surface area contributed by atoms with Crippen molar-refractivity contribution < 1.29 is 42.9 Å². The molecule has 1 fully saturated rings. The quantitative estimate of drug-likeness (QED) is 0.421. The summed E-state index contributed by atoms with van der Waals surface area (Å²) in [6, 6.07) is 0. The lowest BCUT2D eigenvalue weighted by Crippen LogP contribution is -2.60. The molecule has 0 bridgehead atoms. The van der Waals surface area contributed by atoms with Gasteiger partial charge in [-0.1, -0.05) is 0 Å². The zero-order valence-corrected chi connectivity index (χ0v) is 15.6. The van der Waals surface area contributed by atoms with E-state index in [1.54, 1.807) is 0 Å². The van der Waals surface area contributed by atoms with Crippen molar-refractivity contribution in [2.45, 2.75) is 58.3 Å². The zero-order chi connectivity index (χ0) is 20.8. The fraction of sp³-hybridized carbons (Fsp3) is 0.667. The Morgan fingerprint density at radius 1 is 0.893 bits per heavy atom. The average molecular weight is 400 g/mol. The first-order valence-corrected chi connectivity index (χ1v) is 8.22. The molecular weight excluding hydrogens is 380 g/mol. The topological polar surface area (TPSA) is 158 Å². The summed E-state index contributed by atoms with van der Waals surface area (Å²) in [4.78, 5) is 47.1. The number of hydrogen-bond acceptors (Lipinski definition) is 12. The number of rotatable bonds is 6. The average Bonchev–Trinajstić information content (AvgIpc) is 3.09. The van der Waals surface area contributed by atoms with Crippen molar-refractivity contribution in [2.24, 2.45) is 0 Å². The standard InChI is InChI=1S/C15H20N4O9/c1-7(20)24-5-11-12(25-8(2)21)13(26-9(3)22)14(27-10(4)23)15(28-11)19-17-6-16-18-19/h6,11-15H,5H2,1-4H3/t11-,12-,13+,14-,15-/m1/s1. The van der Waals surface area contributed by atoms with Gasteiger partial charge in [0.15, 0.2) is 24.6 Å². The van der Waals surface area contributed by atoms with Crippen LogP contribution in [0.1, 0.15) is 33.9 Å². The van der Waals surface area contributed by atoms with Gasteiger partial charge in [0.2, 0.25) is 6.23 Å². The lowest BCUT2D eigenvalue weighted by Gasteiger charge is -2.43. The van der Waals surface area contributed by atoms with E-state index in [1.165, 1.54) is 6.92 Å². The van der Waals surface area contributed by atoms with Gasteiger partial charge in [-0.2, -0.15) is 0 Å². The van der Waals surface area contributed by atoms with E-state index in [1.807, 2.05) is 0 Å². The monoisotopic (exact) mass is 400 g/mol. The van der Waals surface area contributed by atoms with E-state index in [9.17, 15) is 19.2 Å². The molecular formula is C15H20N4O9. The second kappa shape index (κ2) is 9.21. The van der Waals surface area contributed by atoms with Crippen molar-refractivity contribution >= 4 is 23.9 Å². The van der Waals surface area contributed by atoms with Gasteiger partial charge in [-0.25, -0.2) is 0 Å². The highest BCUT2D eigenvalue weighted by molar-refractivity contribution is 5.68. The highest BCUT2D eigenvalue weighted by Gasteiger charge is 2.53. The van der Waals surface area contributed by atoms with Crippen LogP contribution in [0.15, 0.2) is 6.33 Å². The third kappa shape index (κ3) is 5.45. The van der Waals surface area contributed by atoms with Crippen LogP contribution in [0.2, 0.25) is 0 Å². The lowest BCUT2D eigenvalue weighted by molar-refractivity contribution is -0.272. The Morgan fingerprint density at radius 2 is 1.46 bits per heavy atom. The molecule has 1 saturated heterocycles. The van der Waals surface area contributed by atoms with Crippen LogP contribution in [0.25, 0.3) is 0 Å². The molecule has 13 nitrogen and oxygen atoms in total. The summed E-state index contributed by atoms with van der Waals surface area (Å²) < 4.78 is 26.5. The van der Waals surface area contributed by atoms with Crippen LogP contribution < -0.4 is 0 Å². The van der Waals surface area contributed by atoms with Crippen molar-refractivity contribution in [3.05, 3.63) is 6.33 Å². The summed E-state index contributed by atoms with van der Waals surface area (Å²) >= 11 is 0. The summed E-state index contributed by atoms with van der Waals surface area (Å²) in [5.41, 5.74) is 0. The van der Waals surface area contributed by atoms with E-state index in [-0.39, 0.29) is 6.61 Å². The Bertz CT molecular complexity index is 723. The molecule has 0 amide bonds. The molecule has 1 aliphatic rings. The molecule has 2 heterocycles. The molecule has 0 saturated carbocycles. The number of tetrazole rings is 1. The largest absolute Gasteiger partial charge is 0.463 e. The van der Waals surface area contributed by atoms with E-state index in [2.05, 4.69) is 15.4 Å². The fourth-order valence-electron chi connectivity index (χ4n) is 2.68. The number of hydrogen-bond donors (Lipinski definition) is 0. The van der Waals surface area contributed by atoms with E-state index < -0.39 is 54.5 Å². The van der Waals surface area contributed by atoms with Gasteiger partial charge in [-0.15, -0.1) is 15.0 Å². The van der Waals surface area contributed by atoms with Crippen molar-refractivity contribution in [3.63, 3.8) is 0 Å². The van der Waals surface area contributed by atoms with Crippen LogP contribution >= 0.6 is 0 Å². The minimum absolute atomic E-state index is 0.330. The number of carbonyl (C=O) groups excluding carboxylic acids is 4. The normalized spacial score (nSPS) is 26.8. The van der Waals surface area contributed by atoms with Gasteiger partial charge in [-0.3, -0.25) is 19.2 Å². The van der Waals surface area contributed by atoms with Gasteiger partial charge in [0, 0.05) is 27.7 Å². The van der Waals surface area contributed by atoms with Gasteiger partial charge in [0.1, 0.15) is 12.7 Å². The number of nitrogens with zero attached hydrogens (tertiary/aromatic N) is 4. The molecule has 13 heteroatoms. The molecule has 2 rings (SSSR count). The van der Waals surface area contributed by atoms with Gasteiger partial charge >= 0.3 is 23.9 Å². The summed E-state index contributed by atoms with van der Waals surface area (Å²) in [7, 11) is 0. The van der Waals surface area contributed by atoms with Crippen molar-refractivity contribution in [1.29, 1.82) is 0 Å². The van der Waals surface area contributed by atoms with Gasteiger partial charge in [0.25, 0.3) is 0 Å². The maximum absolute atomic E-state index is 11.7. The van der Waals surface area contributed by atoms with Crippen molar-refractivity contribution in [2.75, 3.05) is 6.61 Å². The smallest absolute Gasteiger partial charge is 0.303 e. The number of aromatic nitrogens is 4. The van der Waals surface area contributed by atoms with Crippen molar-refractivity contribution in [1.82, 2.24) is 20.2 Å². The van der Waals surface area contributed by atoms with E-state index >= 15 is 0 Å². The van der Waals surface area contributed by atoms with Crippen LogP contribution in [0.5, 0.6) is 0 Å². The first kappa shape index (κ1) is 21.2. The first-order valence-electron chi connectivity index (χ1n) is 8.22. The molecule has 154 valence electrons. The molecule has 0 spiro atoms. The van der Waals surface area contributed by atoms with Crippen molar-refractivity contribution in [3.8, 4) is 0 Å². The molecule has 1 aromatic rings. The van der Waals surface area contributed by atoms with E-state index in [4.69, 9.17) is 23.7 Å². The molecule has 0 aliphatic carbocycles.